The highest BCUT2D eigenvalue weighted by Crippen LogP contribution is 2.36. The van der Waals surface area contributed by atoms with Crippen LogP contribution in [0.15, 0.2) is 41.3 Å². The Labute approximate surface area is 162 Å². The highest BCUT2D eigenvalue weighted by Gasteiger charge is 2.25. The lowest BCUT2D eigenvalue weighted by molar-refractivity contribution is -0.384. The van der Waals surface area contributed by atoms with E-state index in [4.69, 9.17) is 9.47 Å². The van der Waals surface area contributed by atoms with Gasteiger partial charge in [-0.1, -0.05) is 0 Å². The number of rotatable bonds is 5. The molecule has 1 aliphatic heterocycles. The molecular weight excluding hydrogens is 386 g/mol. The van der Waals surface area contributed by atoms with Crippen LogP contribution in [0.4, 0.5) is 17.1 Å². The summed E-state index contributed by atoms with van der Waals surface area (Å²) >= 11 is 0. The Bertz CT molecular complexity index is 1010. The molecule has 1 heterocycles. The van der Waals surface area contributed by atoms with Gasteiger partial charge in [0.15, 0.2) is 11.5 Å². The lowest BCUT2D eigenvalue weighted by Gasteiger charge is -2.20. The van der Waals surface area contributed by atoms with Crippen LogP contribution in [0.1, 0.15) is 20.8 Å². The average molecular weight is 407 g/mol. The normalized spacial score (nSPS) is 13.8. The van der Waals surface area contributed by atoms with Gasteiger partial charge in [0, 0.05) is 23.4 Å². The molecular formula is C18H21N3O6S. The Morgan fingerprint density at radius 3 is 2.36 bits per heavy atom. The first-order chi connectivity index (χ1) is 13.0. The maximum atomic E-state index is 12.5. The summed E-state index contributed by atoms with van der Waals surface area (Å²) in [4.78, 5) is 10.7. The van der Waals surface area contributed by atoms with E-state index in [-0.39, 0.29) is 16.3 Å². The minimum absolute atomic E-state index is 0.163. The number of nitrogens with one attached hydrogen (secondary N) is 2. The van der Waals surface area contributed by atoms with E-state index >= 15 is 0 Å². The van der Waals surface area contributed by atoms with Crippen LogP contribution in [0.25, 0.3) is 0 Å². The predicted octanol–water partition coefficient (Wildman–Crippen LogP) is 3.19. The van der Waals surface area contributed by atoms with Crippen LogP contribution in [-0.2, 0) is 10.0 Å². The Morgan fingerprint density at radius 1 is 1.04 bits per heavy atom. The summed E-state index contributed by atoms with van der Waals surface area (Å²) in [5.41, 5.74) is -0.353. The molecule has 10 heteroatoms. The van der Waals surface area contributed by atoms with Gasteiger partial charge in [-0.15, -0.1) is 0 Å². The SMILES string of the molecule is CC(C)(C)NS(=O)(=O)c1ccc(Nc2ccc3c(c2)OCCO3)c([N+](=O)[O-])c1. The van der Waals surface area contributed by atoms with Crippen molar-refractivity contribution in [3.8, 4) is 11.5 Å². The van der Waals surface area contributed by atoms with Crippen molar-refractivity contribution in [3.63, 3.8) is 0 Å². The lowest BCUT2D eigenvalue weighted by Crippen LogP contribution is -2.40. The molecule has 0 atom stereocenters. The third-order valence-corrected chi connectivity index (χ3v) is 5.49. The number of nitro groups is 1. The highest BCUT2D eigenvalue weighted by atomic mass is 32.2. The largest absolute Gasteiger partial charge is 0.486 e. The topological polar surface area (TPSA) is 120 Å². The van der Waals surface area contributed by atoms with E-state index in [1.807, 2.05) is 0 Å². The Hall–Kier alpha value is -2.85. The molecule has 0 aliphatic carbocycles. The molecule has 2 aromatic rings. The fourth-order valence-corrected chi connectivity index (χ4v) is 4.11. The van der Waals surface area contributed by atoms with Gasteiger partial charge in [-0.25, -0.2) is 13.1 Å². The van der Waals surface area contributed by atoms with Crippen LogP contribution in [-0.4, -0.2) is 32.1 Å². The molecule has 0 spiro atoms. The Balaban J connectivity index is 1.93. The van der Waals surface area contributed by atoms with E-state index in [1.54, 1.807) is 39.0 Å². The lowest BCUT2D eigenvalue weighted by atomic mass is 10.1. The van der Waals surface area contributed by atoms with Gasteiger partial charge in [-0.3, -0.25) is 10.1 Å². The van der Waals surface area contributed by atoms with Gasteiger partial charge in [0.1, 0.15) is 18.9 Å². The van der Waals surface area contributed by atoms with E-state index in [9.17, 15) is 18.5 Å². The first-order valence-corrected chi connectivity index (χ1v) is 10.0. The van der Waals surface area contributed by atoms with E-state index in [0.29, 0.717) is 30.4 Å². The van der Waals surface area contributed by atoms with Crippen LogP contribution in [0.3, 0.4) is 0 Å². The third-order valence-electron chi connectivity index (χ3n) is 3.74. The van der Waals surface area contributed by atoms with Crippen molar-refractivity contribution in [2.75, 3.05) is 18.5 Å². The summed E-state index contributed by atoms with van der Waals surface area (Å²) in [6, 6.07) is 8.80. The van der Waals surface area contributed by atoms with Crippen LogP contribution < -0.4 is 19.5 Å². The molecule has 1 aliphatic rings. The summed E-state index contributed by atoms with van der Waals surface area (Å²) < 4.78 is 38.4. The van der Waals surface area contributed by atoms with Crippen molar-refractivity contribution in [2.24, 2.45) is 0 Å². The minimum Gasteiger partial charge on any atom is -0.486 e. The molecule has 0 unspecified atom stereocenters. The van der Waals surface area contributed by atoms with E-state index in [0.717, 1.165) is 6.07 Å². The highest BCUT2D eigenvalue weighted by molar-refractivity contribution is 7.89. The van der Waals surface area contributed by atoms with Gasteiger partial charge in [0.05, 0.1) is 9.82 Å². The number of ether oxygens (including phenoxy) is 2. The summed E-state index contributed by atoms with van der Waals surface area (Å²) in [5, 5.41) is 14.5. The number of nitro benzene ring substituents is 1. The quantitative estimate of drug-likeness (QED) is 0.577. The van der Waals surface area contributed by atoms with Crippen LogP contribution in [0.5, 0.6) is 11.5 Å². The Kier molecular flexibility index (Phi) is 5.18. The van der Waals surface area contributed by atoms with Crippen molar-refractivity contribution in [1.82, 2.24) is 4.72 Å². The average Bonchev–Trinajstić information content (AvgIpc) is 2.59. The zero-order chi connectivity index (χ0) is 20.5. The number of hydrogen-bond acceptors (Lipinski definition) is 7. The van der Waals surface area contributed by atoms with Crippen molar-refractivity contribution in [2.45, 2.75) is 31.2 Å². The molecule has 0 saturated carbocycles. The van der Waals surface area contributed by atoms with Gasteiger partial charge >= 0.3 is 0 Å². The standard InChI is InChI=1S/C18H21N3O6S/c1-18(2,3)20-28(24,25)13-5-6-14(15(11-13)21(22)23)19-12-4-7-16-17(10-12)27-9-8-26-16/h4-7,10-11,19-20H,8-9H2,1-3H3. The molecule has 0 amide bonds. The van der Waals surface area contributed by atoms with Gasteiger partial charge in [0.25, 0.3) is 5.69 Å². The molecule has 0 fully saturated rings. The van der Waals surface area contributed by atoms with Gasteiger partial charge < -0.3 is 14.8 Å². The van der Waals surface area contributed by atoms with Gasteiger partial charge in [-0.05, 0) is 45.0 Å². The summed E-state index contributed by atoms with van der Waals surface area (Å²) in [5.74, 6) is 1.13. The number of hydrogen-bond donors (Lipinski definition) is 2. The number of anilines is 2. The number of nitrogens with zero attached hydrogens (tertiary/aromatic N) is 1. The fourth-order valence-electron chi connectivity index (χ4n) is 2.67. The summed E-state index contributed by atoms with van der Waals surface area (Å²) in [7, 11) is -3.89. The predicted molar refractivity (Wildman–Crippen MR) is 104 cm³/mol. The Morgan fingerprint density at radius 2 is 1.71 bits per heavy atom. The van der Waals surface area contributed by atoms with Crippen molar-refractivity contribution >= 4 is 27.1 Å². The minimum atomic E-state index is -3.89. The number of benzene rings is 2. The van der Waals surface area contributed by atoms with Crippen LogP contribution in [0, 0.1) is 10.1 Å². The molecule has 3 rings (SSSR count). The van der Waals surface area contributed by atoms with E-state index in [1.165, 1.54) is 12.1 Å². The molecule has 150 valence electrons. The first kappa shape index (κ1) is 19.9. The van der Waals surface area contributed by atoms with Crippen LogP contribution in [0.2, 0.25) is 0 Å². The van der Waals surface area contributed by atoms with Crippen molar-refractivity contribution in [1.29, 1.82) is 0 Å². The molecule has 9 nitrogen and oxygen atoms in total. The maximum absolute atomic E-state index is 12.5. The molecule has 2 N–H and O–H groups in total. The second kappa shape index (κ2) is 7.28. The number of fused-ring (bicyclic) bond motifs is 1. The zero-order valence-corrected chi connectivity index (χ0v) is 16.5. The van der Waals surface area contributed by atoms with E-state index < -0.39 is 20.5 Å². The molecule has 28 heavy (non-hydrogen) atoms. The molecule has 0 bridgehead atoms. The monoisotopic (exact) mass is 407 g/mol. The molecule has 0 aromatic heterocycles. The zero-order valence-electron chi connectivity index (χ0n) is 15.7. The summed E-state index contributed by atoms with van der Waals surface area (Å²) in [6.07, 6.45) is 0. The third kappa shape index (κ3) is 4.52. The van der Waals surface area contributed by atoms with Gasteiger partial charge in [0.2, 0.25) is 10.0 Å². The van der Waals surface area contributed by atoms with Crippen molar-refractivity contribution < 1.29 is 22.8 Å². The maximum Gasteiger partial charge on any atom is 0.294 e. The summed E-state index contributed by atoms with van der Waals surface area (Å²) in [6.45, 7) is 5.96. The fraction of sp³-hybridized carbons (Fsp3) is 0.333. The van der Waals surface area contributed by atoms with Crippen molar-refractivity contribution in [3.05, 3.63) is 46.5 Å². The smallest absolute Gasteiger partial charge is 0.294 e. The van der Waals surface area contributed by atoms with Crippen LogP contribution >= 0.6 is 0 Å². The second-order valence-corrected chi connectivity index (χ2v) is 8.96. The first-order valence-electron chi connectivity index (χ1n) is 8.54. The molecule has 2 aromatic carbocycles. The van der Waals surface area contributed by atoms with E-state index in [2.05, 4.69) is 10.0 Å². The second-order valence-electron chi connectivity index (χ2n) is 7.28. The number of sulfonamides is 1. The van der Waals surface area contributed by atoms with Gasteiger partial charge in [-0.2, -0.15) is 0 Å². The molecule has 0 radical (unpaired) electrons. The molecule has 0 saturated heterocycles.